The Morgan fingerprint density at radius 2 is 1.59 bits per heavy atom. The number of alkyl halides is 2. The zero-order valence-corrected chi connectivity index (χ0v) is 11.5. The third-order valence-electron chi connectivity index (χ3n) is 2.03. The maximum atomic E-state index is 12.0. The Morgan fingerprint density at radius 3 is 2.06 bits per heavy atom. The molecule has 0 bridgehead atoms. The molecule has 96 valence electrons. The van der Waals surface area contributed by atoms with Crippen molar-refractivity contribution in [2.75, 3.05) is 29.6 Å². The number of anilines is 1. The molecule has 0 aliphatic rings. The molecule has 1 rings (SSSR count). The van der Waals surface area contributed by atoms with E-state index in [2.05, 4.69) is 4.72 Å². The Labute approximate surface area is 112 Å². The third kappa shape index (κ3) is 4.71. The molecule has 0 atom stereocenters. The van der Waals surface area contributed by atoms with E-state index < -0.39 is 10.2 Å². The fraction of sp³-hybridized carbons (Fsp3) is 0.400. The Bertz CT molecular complexity index is 419. The molecule has 0 spiro atoms. The number of benzene rings is 1. The lowest BCUT2D eigenvalue weighted by atomic mass is 10.3. The van der Waals surface area contributed by atoms with Gasteiger partial charge in [-0.05, 0) is 12.1 Å². The quantitative estimate of drug-likeness (QED) is 0.784. The lowest BCUT2D eigenvalue weighted by molar-refractivity contribution is 0.453. The molecule has 0 unspecified atom stereocenters. The Kier molecular flexibility index (Phi) is 6.05. The molecule has 0 aliphatic carbocycles. The average Bonchev–Trinajstić information content (AvgIpc) is 2.29. The predicted molar refractivity (Wildman–Crippen MR) is 72.0 cm³/mol. The number of hydrogen-bond acceptors (Lipinski definition) is 2. The van der Waals surface area contributed by atoms with E-state index in [0.717, 1.165) is 0 Å². The number of hydrogen-bond donors (Lipinski definition) is 1. The van der Waals surface area contributed by atoms with Crippen LogP contribution in [0.1, 0.15) is 0 Å². The van der Waals surface area contributed by atoms with Crippen molar-refractivity contribution in [2.45, 2.75) is 0 Å². The largest absolute Gasteiger partial charge is 0.301 e. The van der Waals surface area contributed by atoms with Crippen molar-refractivity contribution in [2.24, 2.45) is 0 Å². The highest BCUT2D eigenvalue weighted by Gasteiger charge is 2.20. The molecule has 0 saturated carbocycles. The maximum absolute atomic E-state index is 12.0. The first kappa shape index (κ1) is 14.6. The second-order valence-corrected chi connectivity index (χ2v) is 5.68. The first-order valence-electron chi connectivity index (χ1n) is 5.05. The van der Waals surface area contributed by atoms with E-state index in [1.165, 1.54) is 4.31 Å². The zero-order valence-electron chi connectivity index (χ0n) is 9.14. The summed E-state index contributed by atoms with van der Waals surface area (Å²) in [6, 6.07) is 8.68. The lowest BCUT2D eigenvalue weighted by Gasteiger charge is -2.20. The SMILES string of the molecule is O=S(=O)(Nc1ccccc1)N(CCCl)CCCl. The lowest BCUT2D eigenvalue weighted by Crippen LogP contribution is -2.38. The van der Waals surface area contributed by atoms with Crippen molar-refractivity contribution in [3.63, 3.8) is 0 Å². The molecular weight excluding hydrogens is 283 g/mol. The van der Waals surface area contributed by atoms with Crippen LogP contribution in [-0.2, 0) is 10.2 Å². The topological polar surface area (TPSA) is 49.4 Å². The fourth-order valence-corrected chi connectivity index (χ4v) is 3.10. The summed E-state index contributed by atoms with van der Waals surface area (Å²) in [7, 11) is -3.59. The van der Waals surface area contributed by atoms with Crippen molar-refractivity contribution in [1.29, 1.82) is 0 Å². The molecule has 0 heterocycles. The highest BCUT2D eigenvalue weighted by Crippen LogP contribution is 2.11. The molecule has 0 fully saturated rings. The summed E-state index contributed by atoms with van der Waals surface area (Å²) in [4.78, 5) is 0. The first-order chi connectivity index (χ1) is 8.10. The molecule has 0 radical (unpaired) electrons. The van der Waals surface area contributed by atoms with Crippen molar-refractivity contribution in [3.05, 3.63) is 30.3 Å². The van der Waals surface area contributed by atoms with Gasteiger partial charge >= 0.3 is 10.2 Å². The van der Waals surface area contributed by atoms with E-state index in [4.69, 9.17) is 23.2 Å². The Balaban J connectivity index is 2.78. The molecule has 0 aromatic heterocycles. The van der Waals surface area contributed by atoms with Gasteiger partial charge in [-0.25, -0.2) is 0 Å². The normalized spacial score (nSPS) is 11.7. The van der Waals surface area contributed by atoms with Crippen LogP contribution in [0.3, 0.4) is 0 Å². The summed E-state index contributed by atoms with van der Waals surface area (Å²) in [5, 5.41) is 0. The van der Waals surface area contributed by atoms with Crippen LogP contribution in [0.2, 0.25) is 0 Å². The van der Waals surface area contributed by atoms with Gasteiger partial charge in [-0.1, -0.05) is 18.2 Å². The molecule has 1 N–H and O–H groups in total. The van der Waals surface area contributed by atoms with E-state index in [1.54, 1.807) is 24.3 Å². The third-order valence-corrected chi connectivity index (χ3v) is 3.91. The van der Waals surface area contributed by atoms with Crippen molar-refractivity contribution in [3.8, 4) is 0 Å². The predicted octanol–water partition coefficient (Wildman–Crippen LogP) is 2.12. The van der Waals surface area contributed by atoms with E-state index >= 15 is 0 Å². The smallest absolute Gasteiger partial charge is 0.271 e. The summed E-state index contributed by atoms with van der Waals surface area (Å²) in [5.74, 6) is 0.458. The Hall–Kier alpha value is -0.490. The van der Waals surface area contributed by atoms with Gasteiger partial charge in [0, 0.05) is 30.5 Å². The summed E-state index contributed by atoms with van der Waals surface area (Å²) >= 11 is 11.1. The van der Waals surface area contributed by atoms with Crippen LogP contribution >= 0.6 is 23.2 Å². The van der Waals surface area contributed by atoms with Gasteiger partial charge in [-0.2, -0.15) is 12.7 Å². The zero-order chi connectivity index (χ0) is 12.7. The van der Waals surface area contributed by atoms with E-state index in [-0.39, 0.29) is 24.8 Å². The van der Waals surface area contributed by atoms with Gasteiger partial charge in [-0.15, -0.1) is 23.2 Å². The number of para-hydroxylation sites is 1. The van der Waals surface area contributed by atoms with Gasteiger partial charge < -0.3 is 0 Å². The Morgan fingerprint density at radius 1 is 1.06 bits per heavy atom. The minimum Gasteiger partial charge on any atom is -0.271 e. The van der Waals surface area contributed by atoms with Crippen LogP contribution in [0.4, 0.5) is 5.69 Å². The number of nitrogens with one attached hydrogen (secondary N) is 1. The summed E-state index contributed by atoms with van der Waals surface area (Å²) in [6.45, 7) is 0.465. The summed E-state index contributed by atoms with van der Waals surface area (Å²) in [6.07, 6.45) is 0. The number of halogens is 2. The molecule has 0 saturated heterocycles. The van der Waals surface area contributed by atoms with E-state index in [1.807, 2.05) is 6.07 Å². The molecule has 4 nitrogen and oxygen atoms in total. The van der Waals surface area contributed by atoms with Crippen molar-refractivity contribution in [1.82, 2.24) is 4.31 Å². The molecule has 0 aliphatic heterocycles. The molecule has 17 heavy (non-hydrogen) atoms. The van der Waals surface area contributed by atoms with Gasteiger partial charge in [-0.3, -0.25) is 4.72 Å². The number of rotatable bonds is 7. The van der Waals surface area contributed by atoms with Crippen LogP contribution in [0.25, 0.3) is 0 Å². The number of nitrogens with zero attached hydrogens (tertiary/aromatic N) is 1. The highest BCUT2D eigenvalue weighted by atomic mass is 35.5. The first-order valence-corrected chi connectivity index (χ1v) is 7.56. The van der Waals surface area contributed by atoms with Gasteiger partial charge in [0.25, 0.3) is 0 Å². The minimum absolute atomic E-state index is 0.229. The van der Waals surface area contributed by atoms with Crippen LogP contribution in [-0.4, -0.2) is 37.6 Å². The van der Waals surface area contributed by atoms with Crippen molar-refractivity contribution >= 4 is 39.1 Å². The minimum atomic E-state index is -3.59. The molecule has 1 aromatic rings. The molecule has 7 heteroatoms. The van der Waals surface area contributed by atoms with Gasteiger partial charge in [0.1, 0.15) is 0 Å². The fourth-order valence-electron chi connectivity index (χ4n) is 1.26. The second kappa shape index (κ2) is 7.06. The summed E-state index contributed by atoms with van der Waals surface area (Å²) in [5.41, 5.74) is 0.515. The molecule has 1 aromatic carbocycles. The van der Waals surface area contributed by atoms with E-state index in [0.29, 0.717) is 5.69 Å². The van der Waals surface area contributed by atoms with Gasteiger partial charge in [0.15, 0.2) is 0 Å². The van der Waals surface area contributed by atoms with Crippen LogP contribution in [0.5, 0.6) is 0 Å². The average molecular weight is 297 g/mol. The van der Waals surface area contributed by atoms with Crippen LogP contribution < -0.4 is 4.72 Å². The molecule has 0 amide bonds. The van der Waals surface area contributed by atoms with Crippen LogP contribution in [0.15, 0.2) is 30.3 Å². The van der Waals surface area contributed by atoms with Crippen molar-refractivity contribution < 1.29 is 8.42 Å². The summed E-state index contributed by atoms with van der Waals surface area (Å²) < 4.78 is 27.6. The second-order valence-electron chi connectivity index (χ2n) is 3.25. The van der Waals surface area contributed by atoms with Crippen LogP contribution in [0, 0.1) is 0 Å². The monoisotopic (exact) mass is 296 g/mol. The van der Waals surface area contributed by atoms with E-state index in [9.17, 15) is 8.42 Å². The standard InChI is InChI=1S/C10H14Cl2N2O2S/c11-6-8-14(9-7-12)17(15,16)13-10-4-2-1-3-5-10/h1-5,13H,6-9H2. The molecular formula is C10H14Cl2N2O2S. The highest BCUT2D eigenvalue weighted by molar-refractivity contribution is 7.90. The maximum Gasteiger partial charge on any atom is 0.301 e. The van der Waals surface area contributed by atoms with Gasteiger partial charge in [0.2, 0.25) is 0 Å². The van der Waals surface area contributed by atoms with Gasteiger partial charge in [0.05, 0.1) is 0 Å².